The Morgan fingerprint density at radius 1 is 0.623 bits per heavy atom. The molecule has 4 N–H and O–H groups in total. The molecule has 3 aromatic heterocycles. The van der Waals surface area contributed by atoms with E-state index in [1.165, 1.54) is 0 Å². The van der Waals surface area contributed by atoms with E-state index in [0.717, 1.165) is 60.2 Å². The number of hydrogen-bond acceptors (Lipinski definition) is 7. The van der Waals surface area contributed by atoms with Crippen LogP contribution in [0.5, 0.6) is 0 Å². The third-order valence-electron chi connectivity index (χ3n) is 10.7. The predicted octanol–water partition coefficient (Wildman–Crippen LogP) is 10.9. The number of nitrogens with one attached hydrogen (secondary N) is 2. The first-order valence-electron chi connectivity index (χ1n) is 19.1. The Labute approximate surface area is 365 Å². The number of nitrogens with zero attached hydrogens (tertiary/aromatic N) is 3. The highest BCUT2D eigenvalue weighted by Gasteiger charge is 2.44. The molecule has 0 spiro atoms. The van der Waals surface area contributed by atoms with Crippen LogP contribution < -0.4 is 10.6 Å². The van der Waals surface area contributed by atoms with Crippen LogP contribution in [0.4, 0.5) is 26.3 Å². The molecule has 0 unspecified atom stereocenters. The van der Waals surface area contributed by atoms with Crippen molar-refractivity contribution in [3.63, 3.8) is 0 Å². The maximum absolute atomic E-state index is 13.2. The molecule has 2 aromatic carbocycles. The summed E-state index contributed by atoms with van der Waals surface area (Å²) in [5.74, 6) is -1.76. The van der Waals surface area contributed by atoms with Gasteiger partial charge in [-0.3, -0.25) is 14.6 Å². The van der Waals surface area contributed by atoms with E-state index in [4.69, 9.17) is 23.2 Å². The number of carbonyl (C=O) groups excluding carboxylic acids is 2. The number of pyridine rings is 3. The highest BCUT2D eigenvalue weighted by atomic mass is 79.9. The molecule has 322 valence electrons. The van der Waals surface area contributed by atoms with Crippen molar-refractivity contribution in [2.75, 3.05) is 0 Å². The smallest absolute Gasteiger partial charge is 0.387 e. The van der Waals surface area contributed by atoms with Gasteiger partial charge in [-0.25, -0.2) is 9.97 Å². The SMILES string of the molecule is O=C(N[C@@H](c1cccc(-c2ccccn2)c1)C1(O)CCCC1)c1nccc(C(F)(F)F)c1Cl.O=C(N[C@@H](c1cccc(Br)c1)C1(O)CCCC1)c1nccc(C(F)(F)F)c1Cl. The van der Waals surface area contributed by atoms with Crippen molar-refractivity contribution >= 4 is 50.9 Å². The Morgan fingerprint density at radius 2 is 1.08 bits per heavy atom. The number of amides is 2. The molecule has 0 radical (unpaired) electrons. The lowest BCUT2D eigenvalue weighted by molar-refractivity contribution is -0.138. The van der Waals surface area contributed by atoms with Gasteiger partial charge in [0.15, 0.2) is 0 Å². The van der Waals surface area contributed by atoms with E-state index in [2.05, 4.69) is 41.5 Å². The quantitative estimate of drug-likeness (QED) is 0.108. The summed E-state index contributed by atoms with van der Waals surface area (Å²) in [6, 6.07) is 19.5. The lowest BCUT2D eigenvalue weighted by atomic mass is 9.86. The zero-order chi connectivity index (χ0) is 44.2. The lowest BCUT2D eigenvalue weighted by Gasteiger charge is -2.34. The first kappa shape index (κ1) is 45.9. The number of benzene rings is 2. The third-order valence-corrected chi connectivity index (χ3v) is 12.0. The number of aromatic nitrogens is 3. The van der Waals surface area contributed by atoms with Crippen LogP contribution in [0.25, 0.3) is 11.3 Å². The molecule has 2 amide bonds. The Balaban J connectivity index is 0.000000207. The molecule has 3 heterocycles. The third kappa shape index (κ3) is 10.7. The van der Waals surface area contributed by atoms with Crippen LogP contribution in [0, 0.1) is 0 Å². The van der Waals surface area contributed by atoms with Crippen LogP contribution in [-0.2, 0) is 12.4 Å². The molecule has 61 heavy (non-hydrogen) atoms. The molecule has 2 atom stereocenters. The number of alkyl halides is 6. The van der Waals surface area contributed by atoms with Crippen LogP contribution in [-0.4, -0.2) is 48.2 Å². The van der Waals surface area contributed by atoms with Crippen molar-refractivity contribution in [3.8, 4) is 11.3 Å². The van der Waals surface area contributed by atoms with E-state index >= 15 is 0 Å². The number of halogens is 9. The molecule has 0 aliphatic heterocycles. The second-order valence-corrected chi connectivity index (χ2v) is 16.5. The molecule has 0 saturated heterocycles. The Kier molecular flexibility index (Phi) is 14.1. The van der Waals surface area contributed by atoms with E-state index in [1.807, 2.05) is 24.3 Å². The minimum atomic E-state index is -4.73. The van der Waals surface area contributed by atoms with Crippen molar-refractivity contribution in [2.45, 2.75) is 87.0 Å². The van der Waals surface area contributed by atoms with Gasteiger partial charge in [0.25, 0.3) is 11.8 Å². The van der Waals surface area contributed by atoms with Gasteiger partial charge in [0.05, 0.1) is 50.2 Å². The molecule has 2 saturated carbocycles. The predicted molar refractivity (Wildman–Crippen MR) is 220 cm³/mol. The largest absolute Gasteiger partial charge is 0.417 e. The average Bonchev–Trinajstić information content (AvgIpc) is 3.87. The number of hydrogen-bond donors (Lipinski definition) is 4. The first-order valence-corrected chi connectivity index (χ1v) is 20.6. The number of rotatable bonds is 9. The van der Waals surface area contributed by atoms with Crippen LogP contribution in [0.15, 0.2) is 102 Å². The number of carbonyl (C=O) groups is 2. The van der Waals surface area contributed by atoms with Crippen LogP contribution >= 0.6 is 39.1 Å². The van der Waals surface area contributed by atoms with Gasteiger partial charge >= 0.3 is 12.4 Å². The lowest BCUT2D eigenvalue weighted by Crippen LogP contribution is -2.44. The topological polar surface area (TPSA) is 137 Å². The zero-order valence-electron chi connectivity index (χ0n) is 32.0. The van der Waals surface area contributed by atoms with Crippen LogP contribution in [0.2, 0.25) is 10.0 Å². The van der Waals surface area contributed by atoms with Crippen molar-refractivity contribution in [2.24, 2.45) is 0 Å². The van der Waals surface area contributed by atoms with Gasteiger partial charge in [0, 0.05) is 28.6 Å². The van der Waals surface area contributed by atoms with Gasteiger partial charge in [-0.15, -0.1) is 0 Å². The highest BCUT2D eigenvalue weighted by molar-refractivity contribution is 9.10. The van der Waals surface area contributed by atoms with Gasteiger partial charge < -0.3 is 20.8 Å². The van der Waals surface area contributed by atoms with E-state index in [-0.39, 0.29) is 0 Å². The summed E-state index contributed by atoms with van der Waals surface area (Å²) >= 11 is 15.1. The Hall–Kier alpha value is -4.61. The fourth-order valence-electron chi connectivity index (χ4n) is 7.75. The monoisotopic (exact) mass is 951 g/mol. The summed E-state index contributed by atoms with van der Waals surface area (Å²) in [5, 5.41) is 26.3. The first-order chi connectivity index (χ1) is 28.8. The maximum Gasteiger partial charge on any atom is 0.417 e. The Morgan fingerprint density at radius 3 is 1.51 bits per heavy atom. The van der Waals surface area contributed by atoms with E-state index < -0.39 is 80.0 Å². The summed E-state index contributed by atoms with van der Waals surface area (Å²) in [5.41, 5.74) is -3.07. The van der Waals surface area contributed by atoms with Gasteiger partial charge in [-0.05, 0) is 79.3 Å². The molecule has 9 nitrogen and oxygen atoms in total. The Bertz CT molecular complexity index is 2360. The molecule has 0 bridgehead atoms. The van der Waals surface area contributed by atoms with E-state index in [9.17, 15) is 46.1 Å². The molecule has 2 fully saturated rings. The summed E-state index contributed by atoms with van der Waals surface area (Å²) in [6.45, 7) is 0. The molecular formula is C43H38BrCl2F6N5O4. The van der Waals surface area contributed by atoms with E-state index in [1.54, 1.807) is 48.7 Å². The molecule has 7 rings (SSSR count). The second-order valence-electron chi connectivity index (χ2n) is 14.9. The van der Waals surface area contributed by atoms with Crippen LogP contribution in [0.3, 0.4) is 0 Å². The molecular weight excluding hydrogens is 915 g/mol. The second kappa shape index (κ2) is 18.8. The number of aliphatic hydroxyl groups is 2. The zero-order valence-corrected chi connectivity index (χ0v) is 35.1. The highest BCUT2D eigenvalue weighted by Crippen LogP contribution is 2.43. The fourth-order valence-corrected chi connectivity index (χ4v) is 8.77. The van der Waals surface area contributed by atoms with Gasteiger partial charge in [-0.1, -0.05) is 101 Å². The van der Waals surface area contributed by atoms with Crippen molar-refractivity contribution in [1.29, 1.82) is 0 Å². The van der Waals surface area contributed by atoms with Gasteiger partial charge in [0.1, 0.15) is 11.4 Å². The van der Waals surface area contributed by atoms with Gasteiger partial charge in [0.2, 0.25) is 0 Å². The minimum Gasteiger partial charge on any atom is -0.387 e. The van der Waals surface area contributed by atoms with Crippen molar-refractivity contribution < 1.29 is 46.1 Å². The van der Waals surface area contributed by atoms with Gasteiger partial charge in [-0.2, -0.15) is 26.3 Å². The molecule has 2 aliphatic carbocycles. The normalized spacial score (nSPS) is 16.8. The fraction of sp³-hybridized carbons (Fsp3) is 0.326. The van der Waals surface area contributed by atoms with E-state index in [0.29, 0.717) is 42.5 Å². The molecule has 2 aliphatic rings. The standard InChI is InChI=1S/C24H21ClF3N3O2.C19H17BrClF3N2O2/c25-19-17(24(26,27)28)9-13-30-20(19)22(32)31-21(23(33)10-2-3-11-23)16-7-5-6-15(14-16)18-8-1-4-12-29-18;20-12-5-3-4-11(10-12)16(18(28)7-1-2-8-18)26-17(27)15-14(21)13(6-9-25-15)19(22,23)24/h1,4-9,12-14,21,33H,2-3,10-11H2,(H,31,32);3-6,9-10,16,28H,1-2,7-8H2,(H,26,27)/t21-;16-/m00/s1. The van der Waals surface area contributed by atoms with Crippen LogP contribution in [0.1, 0.15) is 107 Å². The average molecular weight is 954 g/mol. The minimum absolute atomic E-state index is 0.440. The molecule has 5 aromatic rings. The molecule has 18 heteroatoms. The maximum atomic E-state index is 13.2. The summed E-state index contributed by atoms with van der Waals surface area (Å²) in [7, 11) is 0. The van der Waals surface area contributed by atoms with Crippen molar-refractivity contribution in [3.05, 3.63) is 146 Å². The van der Waals surface area contributed by atoms with Crippen molar-refractivity contribution in [1.82, 2.24) is 25.6 Å². The summed E-state index contributed by atoms with van der Waals surface area (Å²) in [6.07, 6.45) is -1.06. The summed E-state index contributed by atoms with van der Waals surface area (Å²) in [4.78, 5) is 37.6. The summed E-state index contributed by atoms with van der Waals surface area (Å²) < 4.78 is 79.7.